The lowest BCUT2D eigenvalue weighted by Crippen LogP contribution is -1.93. The minimum absolute atomic E-state index is 1.21. The highest BCUT2D eigenvalue weighted by molar-refractivity contribution is 4.95. The van der Waals surface area contributed by atoms with Crippen molar-refractivity contribution in [3.05, 3.63) is 0 Å². The van der Waals surface area contributed by atoms with Gasteiger partial charge >= 0.3 is 0 Å². The number of fused-ring (bicyclic) bond motifs is 2. The first-order valence-electron chi connectivity index (χ1n) is 5.43. The Hall–Kier alpha value is 0. The van der Waals surface area contributed by atoms with Crippen molar-refractivity contribution in [3.8, 4) is 0 Å². The number of hydrogen-bond acceptors (Lipinski definition) is 0. The van der Waals surface area contributed by atoms with Crippen LogP contribution in [0, 0.1) is 23.7 Å². The quantitative estimate of drug-likeness (QED) is 0.497. The Bertz CT molecular complexity index is 141. The molecule has 11 heavy (non-hydrogen) atoms. The molecule has 0 spiro atoms. The molecule has 4 aliphatic rings. The highest BCUT2D eigenvalue weighted by atomic mass is 14.5. The second-order valence-corrected chi connectivity index (χ2v) is 5.02. The molecular formula is C11H18. The van der Waals surface area contributed by atoms with Crippen molar-refractivity contribution < 1.29 is 0 Å². The summed E-state index contributed by atoms with van der Waals surface area (Å²) in [6.07, 6.45) is 10.9. The van der Waals surface area contributed by atoms with Crippen molar-refractivity contribution >= 4 is 0 Å². The summed E-state index contributed by atoms with van der Waals surface area (Å²) in [6, 6.07) is 0. The van der Waals surface area contributed by atoms with E-state index in [-0.39, 0.29) is 0 Å². The number of hydrogen-bond donors (Lipinski definition) is 0. The number of rotatable bonds is 0. The van der Waals surface area contributed by atoms with Gasteiger partial charge in [0.05, 0.1) is 0 Å². The summed E-state index contributed by atoms with van der Waals surface area (Å²) in [5, 5.41) is 0. The van der Waals surface area contributed by atoms with Crippen molar-refractivity contribution in [1.82, 2.24) is 0 Å². The van der Waals surface area contributed by atoms with Crippen LogP contribution in [-0.4, -0.2) is 0 Å². The fourth-order valence-electron chi connectivity index (χ4n) is 2.84. The Kier molecular flexibility index (Phi) is 1.33. The van der Waals surface area contributed by atoms with Crippen LogP contribution in [0.5, 0.6) is 0 Å². The third-order valence-corrected chi connectivity index (χ3v) is 4.20. The first-order chi connectivity index (χ1) is 5.43. The van der Waals surface area contributed by atoms with E-state index in [9.17, 15) is 0 Å². The van der Waals surface area contributed by atoms with Gasteiger partial charge in [0.2, 0.25) is 0 Å². The first-order valence-corrected chi connectivity index (χ1v) is 5.43. The zero-order valence-corrected chi connectivity index (χ0v) is 7.26. The molecule has 0 aromatic rings. The van der Waals surface area contributed by atoms with Gasteiger partial charge in [-0.1, -0.05) is 19.3 Å². The Morgan fingerprint density at radius 1 is 0.545 bits per heavy atom. The summed E-state index contributed by atoms with van der Waals surface area (Å²) in [6.45, 7) is 0. The summed E-state index contributed by atoms with van der Waals surface area (Å²) in [4.78, 5) is 0. The molecule has 0 radical (unpaired) electrons. The summed E-state index contributed by atoms with van der Waals surface area (Å²) in [5.41, 5.74) is 0. The minimum Gasteiger partial charge on any atom is -0.0528 e. The summed E-state index contributed by atoms with van der Waals surface area (Å²) >= 11 is 0. The van der Waals surface area contributed by atoms with Gasteiger partial charge in [0.1, 0.15) is 0 Å². The molecule has 0 nitrogen and oxygen atoms in total. The van der Waals surface area contributed by atoms with E-state index in [0.717, 1.165) is 0 Å². The van der Waals surface area contributed by atoms with Gasteiger partial charge in [-0.25, -0.2) is 0 Å². The normalized spacial score (nSPS) is 54.5. The average Bonchev–Trinajstić information content (AvgIpc) is 2.78. The van der Waals surface area contributed by atoms with Gasteiger partial charge in [-0.3, -0.25) is 0 Å². The second kappa shape index (κ2) is 2.24. The van der Waals surface area contributed by atoms with E-state index in [1.807, 2.05) is 0 Å². The van der Waals surface area contributed by atoms with E-state index < -0.39 is 0 Å². The van der Waals surface area contributed by atoms with Crippen LogP contribution in [0.15, 0.2) is 0 Å². The Morgan fingerprint density at radius 2 is 1.00 bits per heavy atom. The topological polar surface area (TPSA) is 0 Å². The zero-order chi connectivity index (χ0) is 7.26. The molecule has 0 amide bonds. The molecule has 0 aromatic carbocycles. The lowest BCUT2D eigenvalue weighted by atomic mass is 10.0. The fraction of sp³-hybridized carbons (Fsp3) is 1.00. The Labute approximate surface area is 69.4 Å². The van der Waals surface area contributed by atoms with Gasteiger partial charge in [0, 0.05) is 0 Å². The maximum atomic E-state index is 1.58. The standard InChI is InChI=1S/C6H10.C5H8/c1-2-5-4-6(5)3-1;1-2-5-3-4(1)5/h5-6H,1-4H2;4-5H,1-3H2. The second-order valence-electron chi connectivity index (χ2n) is 5.02. The molecule has 4 rings (SSSR count). The molecule has 4 atom stereocenters. The maximum absolute atomic E-state index is 1.58. The van der Waals surface area contributed by atoms with Gasteiger partial charge in [-0.15, -0.1) is 0 Å². The molecule has 4 aliphatic carbocycles. The highest BCUT2D eigenvalue weighted by Gasteiger charge is 2.44. The molecule has 0 aliphatic heterocycles. The molecule has 4 unspecified atom stereocenters. The van der Waals surface area contributed by atoms with Crippen LogP contribution in [0.25, 0.3) is 0 Å². The lowest BCUT2D eigenvalue weighted by Gasteiger charge is -2.04. The summed E-state index contributed by atoms with van der Waals surface area (Å²) < 4.78 is 0. The van der Waals surface area contributed by atoms with E-state index >= 15 is 0 Å². The Morgan fingerprint density at radius 3 is 1.09 bits per heavy atom. The summed E-state index contributed by atoms with van der Waals surface area (Å²) in [7, 11) is 0. The third kappa shape index (κ3) is 1.21. The van der Waals surface area contributed by atoms with E-state index in [1.165, 1.54) is 30.1 Å². The van der Waals surface area contributed by atoms with Crippen molar-refractivity contribution in [2.24, 2.45) is 23.7 Å². The van der Waals surface area contributed by atoms with E-state index in [0.29, 0.717) is 0 Å². The largest absolute Gasteiger partial charge is 0.0528 e. The van der Waals surface area contributed by atoms with Crippen LogP contribution in [0.3, 0.4) is 0 Å². The van der Waals surface area contributed by atoms with Crippen molar-refractivity contribution in [2.75, 3.05) is 0 Å². The van der Waals surface area contributed by atoms with E-state index in [1.54, 1.807) is 38.5 Å². The van der Waals surface area contributed by atoms with Crippen LogP contribution >= 0.6 is 0 Å². The fourth-order valence-corrected chi connectivity index (χ4v) is 2.84. The molecule has 4 fully saturated rings. The van der Waals surface area contributed by atoms with Crippen LogP contribution < -0.4 is 0 Å². The van der Waals surface area contributed by atoms with Crippen LogP contribution in [0.4, 0.5) is 0 Å². The van der Waals surface area contributed by atoms with Crippen molar-refractivity contribution in [1.29, 1.82) is 0 Å². The minimum atomic E-state index is 1.21. The zero-order valence-electron chi connectivity index (χ0n) is 7.26. The van der Waals surface area contributed by atoms with E-state index in [4.69, 9.17) is 0 Å². The molecule has 0 aromatic heterocycles. The molecule has 0 heteroatoms. The van der Waals surface area contributed by atoms with E-state index in [2.05, 4.69) is 0 Å². The average molecular weight is 150 g/mol. The molecule has 0 saturated heterocycles. The molecule has 0 N–H and O–H groups in total. The van der Waals surface area contributed by atoms with Crippen molar-refractivity contribution in [2.45, 2.75) is 44.9 Å². The smallest absolute Gasteiger partial charge is 0.0383 e. The molecular weight excluding hydrogens is 132 g/mol. The van der Waals surface area contributed by atoms with Crippen LogP contribution in [-0.2, 0) is 0 Å². The van der Waals surface area contributed by atoms with Gasteiger partial charge in [0.15, 0.2) is 0 Å². The van der Waals surface area contributed by atoms with Gasteiger partial charge in [-0.2, -0.15) is 0 Å². The first kappa shape index (κ1) is 6.51. The van der Waals surface area contributed by atoms with Crippen LogP contribution in [0.2, 0.25) is 0 Å². The van der Waals surface area contributed by atoms with Crippen LogP contribution in [0.1, 0.15) is 44.9 Å². The highest BCUT2D eigenvalue weighted by Crippen LogP contribution is 2.55. The van der Waals surface area contributed by atoms with Gasteiger partial charge < -0.3 is 0 Å². The maximum Gasteiger partial charge on any atom is -0.0383 e. The predicted octanol–water partition coefficient (Wildman–Crippen LogP) is 3.22. The molecule has 0 bridgehead atoms. The third-order valence-electron chi connectivity index (χ3n) is 4.20. The monoisotopic (exact) mass is 150 g/mol. The molecule has 4 saturated carbocycles. The summed E-state index contributed by atoms with van der Waals surface area (Å²) in [5.74, 6) is 4.89. The Balaban J connectivity index is 0.0000000780. The predicted molar refractivity (Wildman–Crippen MR) is 46.3 cm³/mol. The molecule has 0 heterocycles. The molecule has 62 valence electrons. The van der Waals surface area contributed by atoms with Gasteiger partial charge in [0.25, 0.3) is 0 Å². The van der Waals surface area contributed by atoms with Gasteiger partial charge in [-0.05, 0) is 49.4 Å². The SMILES string of the molecule is C1CC2CC12.C1CC2CC2C1. The van der Waals surface area contributed by atoms with Crippen molar-refractivity contribution in [3.63, 3.8) is 0 Å². The lowest BCUT2D eigenvalue weighted by molar-refractivity contribution is 0.468.